The normalized spacial score (nSPS) is 10.6. The van der Waals surface area contributed by atoms with Crippen molar-refractivity contribution in [2.24, 2.45) is 12.8 Å². The number of thiocarbonyl (C=S) groups is 1. The summed E-state index contributed by atoms with van der Waals surface area (Å²) in [6.45, 7) is 2.79. The van der Waals surface area contributed by atoms with Gasteiger partial charge in [-0.1, -0.05) is 12.2 Å². The maximum absolute atomic E-state index is 5.82. The topological polar surface area (TPSA) is 60.0 Å². The molecule has 0 atom stereocenters. The van der Waals surface area contributed by atoms with Gasteiger partial charge in [0.15, 0.2) is 0 Å². The third kappa shape index (κ3) is 2.96. The second-order valence-electron chi connectivity index (χ2n) is 4.80. The maximum Gasteiger partial charge on any atom is 0.136 e. The van der Waals surface area contributed by atoms with Gasteiger partial charge in [-0.15, -0.1) is 0 Å². The van der Waals surface area contributed by atoms with Crippen molar-refractivity contribution in [1.29, 1.82) is 0 Å². The number of aromatic nitrogens is 3. The van der Waals surface area contributed by atoms with Crippen LogP contribution in [-0.4, -0.2) is 33.3 Å². The van der Waals surface area contributed by atoms with Crippen molar-refractivity contribution >= 4 is 23.0 Å². The van der Waals surface area contributed by atoms with Crippen LogP contribution in [0.1, 0.15) is 16.8 Å². The second kappa shape index (κ2) is 6.00. The predicted molar refractivity (Wildman–Crippen MR) is 85.0 cm³/mol. The van der Waals surface area contributed by atoms with Crippen LogP contribution in [0.15, 0.2) is 24.5 Å². The minimum atomic E-state index is 0.390. The number of rotatable bonds is 5. The van der Waals surface area contributed by atoms with E-state index >= 15 is 0 Å². The van der Waals surface area contributed by atoms with Gasteiger partial charge in [-0.25, -0.2) is 0 Å². The van der Waals surface area contributed by atoms with E-state index in [4.69, 9.17) is 18.0 Å². The molecule has 0 radical (unpaired) electrons. The van der Waals surface area contributed by atoms with Crippen molar-refractivity contribution in [2.45, 2.75) is 13.3 Å². The molecule has 2 N–H and O–H groups in total. The average molecular weight is 289 g/mol. The van der Waals surface area contributed by atoms with E-state index in [0.29, 0.717) is 4.99 Å². The van der Waals surface area contributed by atoms with Crippen LogP contribution in [0, 0.1) is 6.92 Å². The van der Waals surface area contributed by atoms with Crippen molar-refractivity contribution in [3.63, 3.8) is 0 Å². The van der Waals surface area contributed by atoms with Crippen LogP contribution in [0.4, 0.5) is 5.82 Å². The van der Waals surface area contributed by atoms with E-state index in [1.54, 1.807) is 0 Å². The molecule has 0 aromatic carbocycles. The summed E-state index contributed by atoms with van der Waals surface area (Å²) in [4.78, 5) is 6.55. The van der Waals surface area contributed by atoms with Gasteiger partial charge in [0.05, 0.1) is 11.3 Å². The summed E-state index contributed by atoms with van der Waals surface area (Å²) in [6, 6.07) is 4.05. The highest BCUT2D eigenvalue weighted by Crippen LogP contribution is 2.22. The molecule has 6 heteroatoms. The van der Waals surface area contributed by atoms with E-state index in [0.717, 1.165) is 30.0 Å². The van der Waals surface area contributed by atoms with Crippen LogP contribution in [-0.2, 0) is 13.5 Å². The van der Waals surface area contributed by atoms with E-state index in [1.807, 2.05) is 50.2 Å². The van der Waals surface area contributed by atoms with E-state index in [1.165, 1.54) is 5.56 Å². The monoisotopic (exact) mass is 289 g/mol. The molecule has 20 heavy (non-hydrogen) atoms. The number of pyridine rings is 1. The Balaban J connectivity index is 2.17. The molecule has 0 fully saturated rings. The van der Waals surface area contributed by atoms with Crippen molar-refractivity contribution in [2.75, 3.05) is 18.5 Å². The Bertz CT molecular complexity index is 606. The largest absolute Gasteiger partial charge is 0.389 e. The van der Waals surface area contributed by atoms with Gasteiger partial charge in [-0.2, -0.15) is 5.10 Å². The lowest BCUT2D eigenvalue weighted by molar-refractivity contribution is 0.724. The highest BCUT2D eigenvalue weighted by atomic mass is 32.1. The summed E-state index contributed by atoms with van der Waals surface area (Å²) < 4.78 is 1.83. The van der Waals surface area contributed by atoms with Gasteiger partial charge in [0.1, 0.15) is 10.8 Å². The second-order valence-corrected chi connectivity index (χ2v) is 5.24. The van der Waals surface area contributed by atoms with Crippen LogP contribution in [0.3, 0.4) is 0 Å². The number of nitrogens with two attached hydrogens (primary N) is 1. The smallest absolute Gasteiger partial charge is 0.136 e. The number of hydrogen-bond acceptors (Lipinski definition) is 4. The Labute approximate surface area is 124 Å². The SMILES string of the molecule is Cc1nn(C)c(N(C)CCc2ccncc2)c1C(N)=S. The zero-order valence-corrected chi connectivity index (χ0v) is 12.8. The molecular weight excluding hydrogens is 270 g/mol. The molecular formula is C14H19N5S. The molecule has 0 aliphatic carbocycles. The van der Waals surface area contributed by atoms with Crippen molar-refractivity contribution in [3.8, 4) is 0 Å². The third-order valence-electron chi connectivity index (χ3n) is 3.29. The van der Waals surface area contributed by atoms with Gasteiger partial charge in [-0.05, 0) is 31.0 Å². The third-order valence-corrected chi connectivity index (χ3v) is 3.49. The Morgan fingerprint density at radius 2 is 2.05 bits per heavy atom. The average Bonchev–Trinajstić information content (AvgIpc) is 2.72. The Kier molecular flexibility index (Phi) is 4.34. The first-order valence-electron chi connectivity index (χ1n) is 6.44. The number of anilines is 1. The van der Waals surface area contributed by atoms with Crippen molar-refractivity contribution in [1.82, 2.24) is 14.8 Å². The fourth-order valence-corrected chi connectivity index (χ4v) is 2.56. The lowest BCUT2D eigenvalue weighted by Crippen LogP contribution is -2.26. The maximum atomic E-state index is 5.82. The first-order valence-corrected chi connectivity index (χ1v) is 6.85. The molecule has 2 heterocycles. The lowest BCUT2D eigenvalue weighted by Gasteiger charge is -2.20. The lowest BCUT2D eigenvalue weighted by atomic mass is 10.2. The van der Waals surface area contributed by atoms with Crippen LogP contribution in [0.5, 0.6) is 0 Å². The minimum absolute atomic E-state index is 0.390. The summed E-state index contributed by atoms with van der Waals surface area (Å²) in [5, 5.41) is 4.41. The molecule has 0 aliphatic heterocycles. The number of nitrogens with zero attached hydrogens (tertiary/aromatic N) is 4. The summed E-state index contributed by atoms with van der Waals surface area (Å²) in [5.41, 5.74) is 8.80. The fraction of sp³-hybridized carbons (Fsp3) is 0.357. The number of likely N-dealkylation sites (N-methyl/N-ethyl adjacent to an activating group) is 1. The van der Waals surface area contributed by atoms with Crippen molar-refractivity contribution < 1.29 is 0 Å². The van der Waals surface area contributed by atoms with Crippen LogP contribution in [0.2, 0.25) is 0 Å². The molecule has 0 saturated heterocycles. The molecule has 2 rings (SSSR count). The zero-order chi connectivity index (χ0) is 14.7. The standard InChI is InChI=1S/C14H19N5S/c1-10-12(13(15)20)14(19(3)17-10)18(2)9-6-11-4-7-16-8-5-11/h4-5,7-8H,6,9H2,1-3H3,(H2,15,20). The van der Waals surface area contributed by atoms with Gasteiger partial charge >= 0.3 is 0 Å². The zero-order valence-electron chi connectivity index (χ0n) is 12.0. The highest BCUT2D eigenvalue weighted by molar-refractivity contribution is 7.80. The molecule has 0 spiro atoms. The molecule has 2 aromatic heterocycles. The van der Waals surface area contributed by atoms with Gasteiger partial charge < -0.3 is 10.6 Å². The summed E-state index contributed by atoms with van der Waals surface area (Å²) in [5.74, 6) is 0.962. The summed E-state index contributed by atoms with van der Waals surface area (Å²) in [6.07, 6.45) is 4.55. The number of hydrogen-bond donors (Lipinski definition) is 1. The molecule has 0 aliphatic rings. The molecule has 106 valence electrons. The van der Waals surface area contributed by atoms with E-state index in [9.17, 15) is 0 Å². The first kappa shape index (κ1) is 14.5. The van der Waals surface area contributed by atoms with E-state index < -0.39 is 0 Å². The van der Waals surface area contributed by atoms with E-state index in [2.05, 4.69) is 15.0 Å². The van der Waals surface area contributed by atoms with Gasteiger partial charge in [0.25, 0.3) is 0 Å². The molecule has 2 aromatic rings. The fourth-order valence-electron chi connectivity index (χ4n) is 2.32. The molecule has 0 amide bonds. The Morgan fingerprint density at radius 1 is 1.40 bits per heavy atom. The Hall–Kier alpha value is -1.95. The minimum Gasteiger partial charge on any atom is -0.389 e. The van der Waals surface area contributed by atoms with Gasteiger partial charge in [0, 0.05) is 33.0 Å². The molecule has 5 nitrogen and oxygen atoms in total. The summed E-state index contributed by atoms with van der Waals surface area (Å²) >= 11 is 5.14. The van der Waals surface area contributed by atoms with Gasteiger partial charge in [0.2, 0.25) is 0 Å². The Morgan fingerprint density at radius 3 is 2.65 bits per heavy atom. The quantitative estimate of drug-likeness (QED) is 0.844. The summed E-state index contributed by atoms with van der Waals surface area (Å²) in [7, 11) is 3.94. The number of aryl methyl sites for hydroxylation is 2. The molecule has 0 saturated carbocycles. The van der Waals surface area contributed by atoms with Gasteiger partial charge in [-0.3, -0.25) is 9.67 Å². The predicted octanol–water partition coefficient (Wildman–Crippen LogP) is 1.44. The first-order chi connectivity index (χ1) is 9.50. The van der Waals surface area contributed by atoms with E-state index in [-0.39, 0.29) is 0 Å². The van der Waals surface area contributed by atoms with Crippen LogP contribution >= 0.6 is 12.2 Å². The molecule has 0 bridgehead atoms. The van der Waals surface area contributed by atoms with Crippen LogP contribution < -0.4 is 10.6 Å². The highest BCUT2D eigenvalue weighted by Gasteiger charge is 2.18. The van der Waals surface area contributed by atoms with Crippen molar-refractivity contribution in [3.05, 3.63) is 41.3 Å². The molecule has 0 unspecified atom stereocenters. The van der Waals surface area contributed by atoms with Crippen LogP contribution in [0.25, 0.3) is 0 Å².